The number of hydrogen-bond donors (Lipinski definition) is 0. The first-order chi connectivity index (χ1) is 9.65. The molecule has 0 aliphatic rings. The smallest absolute Gasteiger partial charge is 0.0712 e. The van der Waals surface area contributed by atoms with Crippen LogP contribution in [0.15, 0.2) is 48.8 Å². The summed E-state index contributed by atoms with van der Waals surface area (Å²) in [7, 11) is 2.12. The van der Waals surface area contributed by atoms with Crippen molar-refractivity contribution in [1.29, 1.82) is 0 Å². The van der Waals surface area contributed by atoms with E-state index in [1.165, 1.54) is 16.7 Å². The Bertz CT molecular complexity index is 510. The molecule has 0 amide bonds. The summed E-state index contributed by atoms with van der Waals surface area (Å²) in [6, 6.07) is 12.6. The molecular formula is C17H21ClN2. The topological polar surface area (TPSA) is 16.1 Å². The molecule has 0 bridgehead atoms. The molecule has 0 fully saturated rings. The second-order valence-electron chi connectivity index (χ2n) is 5.25. The molecule has 1 aromatic heterocycles. The van der Waals surface area contributed by atoms with Crippen LogP contribution < -0.4 is 0 Å². The number of halogens is 1. The highest BCUT2D eigenvalue weighted by Crippen LogP contribution is 2.21. The molecule has 1 unspecified atom stereocenters. The van der Waals surface area contributed by atoms with E-state index in [0.29, 0.717) is 0 Å². The monoisotopic (exact) mass is 288 g/mol. The first-order valence-corrected chi connectivity index (χ1v) is 7.37. The van der Waals surface area contributed by atoms with Gasteiger partial charge in [0.15, 0.2) is 0 Å². The summed E-state index contributed by atoms with van der Waals surface area (Å²) in [6.07, 6.45) is 4.70. The van der Waals surface area contributed by atoms with Crippen molar-refractivity contribution in [3.8, 4) is 0 Å². The summed E-state index contributed by atoms with van der Waals surface area (Å²) in [4.78, 5) is 6.31. The zero-order chi connectivity index (χ0) is 14.4. The lowest BCUT2D eigenvalue weighted by molar-refractivity contribution is 0.338. The van der Waals surface area contributed by atoms with Gasteiger partial charge in [-0.15, -0.1) is 11.6 Å². The van der Waals surface area contributed by atoms with E-state index < -0.39 is 0 Å². The van der Waals surface area contributed by atoms with Crippen LogP contribution in [0.2, 0.25) is 0 Å². The molecule has 0 saturated heterocycles. The lowest BCUT2D eigenvalue weighted by atomic mass is 10.1. The normalized spacial score (nSPS) is 12.6. The molecule has 0 saturated carbocycles. The number of nitrogens with zero attached hydrogens (tertiary/aromatic N) is 2. The van der Waals surface area contributed by atoms with Crippen LogP contribution in [0.3, 0.4) is 0 Å². The molecule has 0 N–H and O–H groups in total. The molecule has 106 valence electrons. The molecule has 3 heteroatoms. The summed E-state index contributed by atoms with van der Waals surface area (Å²) in [5.41, 5.74) is 3.77. The standard InChI is InChI=1S/C17H21ClN2/c1-14-3-5-16(6-4-14)17(18)13-20(2)12-9-15-7-10-19-11-8-15/h3-8,10-11,17H,9,12-13H2,1-2H3. The number of aromatic nitrogens is 1. The second kappa shape index (κ2) is 7.41. The first-order valence-electron chi connectivity index (χ1n) is 6.93. The van der Waals surface area contributed by atoms with Crippen LogP contribution >= 0.6 is 11.6 Å². The molecule has 1 heterocycles. The van der Waals surface area contributed by atoms with Gasteiger partial charge < -0.3 is 4.90 Å². The number of likely N-dealkylation sites (N-methyl/N-ethyl adjacent to an activating group) is 1. The van der Waals surface area contributed by atoms with Gasteiger partial charge in [0.25, 0.3) is 0 Å². The quantitative estimate of drug-likeness (QED) is 0.751. The molecule has 0 radical (unpaired) electrons. The lowest BCUT2D eigenvalue weighted by Gasteiger charge is -2.20. The van der Waals surface area contributed by atoms with Gasteiger partial charge in [-0.05, 0) is 43.7 Å². The Morgan fingerprint density at radius 3 is 2.40 bits per heavy atom. The highest BCUT2D eigenvalue weighted by molar-refractivity contribution is 6.21. The molecule has 0 spiro atoms. The molecule has 2 rings (SSSR count). The van der Waals surface area contributed by atoms with Gasteiger partial charge in [-0.3, -0.25) is 4.98 Å². The molecule has 20 heavy (non-hydrogen) atoms. The molecular weight excluding hydrogens is 268 g/mol. The second-order valence-corrected chi connectivity index (χ2v) is 5.77. The Kier molecular flexibility index (Phi) is 5.57. The number of rotatable bonds is 6. The van der Waals surface area contributed by atoms with Crippen molar-refractivity contribution < 1.29 is 0 Å². The Morgan fingerprint density at radius 2 is 1.75 bits per heavy atom. The Morgan fingerprint density at radius 1 is 1.10 bits per heavy atom. The van der Waals surface area contributed by atoms with E-state index in [1.807, 2.05) is 12.4 Å². The van der Waals surface area contributed by atoms with Crippen LogP contribution in [0.4, 0.5) is 0 Å². The summed E-state index contributed by atoms with van der Waals surface area (Å²) in [5.74, 6) is 0. The van der Waals surface area contributed by atoms with E-state index in [0.717, 1.165) is 19.5 Å². The number of hydrogen-bond acceptors (Lipinski definition) is 2. The number of alkyl halides is 1. The molecule has 0 aliphatic heterocycles. The van der Waals surface area contributed by atoms with E-state index in [4.69, 9.17) is 11.6 Å². The third-order valence-electron chi connectivity index (χ3n) is 3.44. The Hall–Kier alpha value is -1.38. The van der Waals surface area contributed by atoms with Gasteiger partial charge in [-0.1, -0.05) is 29.8 Å². The molecule has 0 aliphatic carbocycles. The minimum Gasteiger partial charge on any atom is -0.304 e. The minimum atomic E-state index is 0.0399. The molecule has 1 aromatic carbocycles. The van der Waals surface area contributed by atoms with Gasteiger partial charge in [0.1, 0.15) is 0 Å². The van der Waals surface area contributed by atoms with Crippen LogP contribution in [0.5, 0.6) is 0 Å². The largest absolute Gasteiger partial charge is 0.304 e. The van der Waals surface area contributed by atoms with Gasteiger partial charge >= 0.3 is 0 Å². The third kappa shape index (κ3) is 4.62. The fourth-order valence-corrected chi connectivity index (χ4v) is 2.50. The molecule has 1 atom stereocenters. The van der Waals surface area contributed by atoms with Crippen LogP contribution in [0.25, 0.3) is 0 Å². The maximum Gasteiger partial charge on any atom is 0.0712 e. The summed E-state index contributed by atoms with van der Waals surface area (Å²) < 4.78 is 0. The first kappa shape index (κ1) is 15.0. The van der Waals surface area contributed by atoms with Crippen molar-refractivity contribution in [2.45, 2.75) is 18.7 Å². The average molecular weight is 289 g/mol. The number of benzene rings is 1. The van der Waals surface area contributed by atoms with Gasteiger partial charge in [-0.2, -0.15) is 0 Å². The Balaban J connectivity index is 1.82. The zero-order valence-electron chi connectivity index (χ0n) is 12.1. The predicted octanol–water partition coefficient (Wildman–Crippen LogP) is 3.84. The summed E-state index contributed by atoms with van der Waals surface area (Å²) in [5, 5.41) is 0.0399. The summed E-state index contributed by atoms with van der Waals surface area (Å²) in [6.45, 7) is 3.95. The van der Waals surface area contributed by atoms with Gasteiger partial charge in [-0.25, -0.2) is 0 Å². The van der Waals surface area contributed by atoms with Crippen molar-refractivity contribution in [1.82, 2.24) is 9.88 Å². The fraction of sp³-hybridized carbons (Fsp3) is 0.353. The molecule has 2 aromatic rings. The average Bonchev–Trinajstić information content (AvgIpc) is 2.47. The van der Waals surface area contributed by atoms with Crippen molar-refractivity contribution >= 4 is 11.6 Å². The van der Waals surface area contributed by atoms with E-state index >= 15 is 0 Å². The highest BCUT2D eigenvalue weighted by atomic mass is 35.5. The number of pyridine rings is 1. The van der Waals surface area contributed by atoms with Gasteiger partial charge in [0.2, 0.25) is 0 Å². The van der Waals surface area contributed by atoms with Crippen LogP contribution in [0, 0.1) is 6.92 Å². The third-order valence-corrected chi connectivity index (χ3v) is 3.83. The highest BCUT2D eigenvalue weighted by Gasteiger charge is 2.10. The van der Waals surface area contributed by atoms with Crippen molar-refractivity contribution in [3.63, 3.8) is 0 Å². The van der Waals surface area contributed by atoms with Crippen molar-refractivity contribution in [2.24, 2.45) is 0 Å². The van der Waals surface area contributed by atoms with E-state index in [1.54, 1.807) is 0 Å². The van der Waals surface area contributed by atoms with Crippen LogP contribution in [0.1, 0.15) is 22.1 Å². The Labute approximate surface area is 126 Å². The summed E-state index contributed by atoms with van der Waals surface area (Å²) >= 11 is 6.48. The van der Waals surface area contributed by atoms with Crippen molar-refractivity contribution in [3.05, 3.63) is 65.5 Å². The van der Waals surface area contributed by atoms with E-state index in [9.17, 15) is 0 Å². The van der Waals surface area contributed by atoms with E-state index in [-0.39, 0.29) is 5.38 Å². The van der Waals surface area contributed by atoms with Gasteiger partial charge in [0.05, 0.1) is 5.38 Å². The van der Waals surface area contributed by atoms with Crippen LogP contribution in [-0.2, 0) is 6.42 Å². The number of aryl methyl sites for hydroxylation is 1. The van der Waals surface area contributed by atoms with Crippen molar-refractivity contribution in [2.75, 3.05) is 20.1 Å². The minimum absolute atomic E-state index is 0.0399. The van der Waals surface area contributed by atoms with Crippen LogP contribution in [-0.4, -0.2) is 30.0 Å². The lowest BCUT2D eigenvalue weighted by Crippen LogP contribution is -2.25. The maximum absolute atomic E-state index is 6.48. The predicted molar refractivity (Wildman–Crippen MR) is 85.2 cm³/mol. The fourth-order valence-electron chi connectivity index (χ4n) is 2.12. The molecule has 2 nitrogen and oxygen atoms in total. The zero-order valence-corrected chi connectivity index (χ0v) is 12.8. The van der Waals surface area contributed by atoms with E-state index in [2.05, 4.69) is 60.3 Å². The SMILES string of the molecule is Cc1ccc(C(Cl)CN(C)CCc2ccncc2)cc1. The maximum atomic E-state index is 6.48. The van der Waals surface area contributed by atoms with Gasteiger partial charge in [0, 0.05) is 25.5 Å².